The molecule has 0 unspecified atom stereocenters. The molecule has 0 atom stereocenters. The molecule has 0 aliphatic rings. The fourth-order valence-corrected chi connectivity index (χ4v) is 1.70. The van der Waals surface area contributed by atoms with Crippen LogP contribution >= 0.6 is 0 Å². The number of hydrogen-bond donors (Lipinski definition) is 1. The van der Waals surface area contributed by atoms with Crippen molar-refractivity contribution in [2.75, 3.05) is 0 Å². The first-order valence-electron chi connectivity index (χ1n) is 5.68. The highest BCUT2D eigenvalue weighted by molar-refractivity contribution is 5.92. The number of benzene rings is 1. The van der Waals surface area contributed by atoms with Gasteiger partial charge in [-0.3, -0.25) is 4.79 Å². The molecule has 0 spiro atoms. The topological polar surface area (TPSA) is 32.9 Å². The standard InChI is InChI=1S/C13H11NO.C2H6/c1-3-9-10-7-5-6-8-11(10)13(15)14-12(9)4-2;1-2/h3-8H,1-2H2,(H,14,15);1-2H3. The summed E-state index contributed by atoms with van der Waals surface area (Å²) in [7, 11) is 0. The smallest absolute Gasteiger partial charge is 0.256 e. The Balaban J connectivity index is 0.000000686. The third kappa shape index (κ3) is 2.36. The predicted molar refractivity (Wildman–Crippen MR) is 76.1 cm³/mol. The van der Waals surface area contributed by atoms with Crippen LogP contribution in [0.25, 0.3) is 22.9 Å². The van der Waals surface area contributed by atoms with Crippen molar-refractivity contribution in [3.63, 3.8) is 0 Å². The highest BCUT2D eigenvalue weighted by Crippen LogP contribution is 2.19. The SMILES string of the molecule is C=Cc1[nH]c(=O)c2ccccc2c1C=C.CC. The Labute approximate surface area is 101 Å². The lowest BCUT2D eigenvalue weighted by atomic mass is 10.0. The van der Waals surface area contributed by atoms with Gasteiger partial charge in [-0.05, 0) is 17.5 Å². The second-order valence-corrected chi connectivity index (χ2v) is 3.24. The van der Waals surface area contributed by atoms with Gasteiger partial charge < -0.3 is 4.98 Å². The molecule has 88 valence electrons. The molecule has 0 radical (unpaired) electrons. The predicted octanol–water partition coefficient (Wildman–Crippen LogP) is 3.84. The fraction of sp³-hybridized carbons (Fsp3) is 0.133. The van der Waals surface area contributed by atoms with E-state index in [-0.39, 0.29) is 5.56 Å². The van der Waals surface area contributed by atoms with Crippen molar-refractivity contribution in [2.24, 2.45) is 0 Å². The van der Waals surface area contributed by atoms with Crippen LogP contribution in [0.2, 0.25) is 0 Å². The molecule has 1 N–H and O–H groups in total. The number of fused-ring (bicyclic) bond motifs is 1. The lowest BCUT2D eigenvalue weighted by Crippen LogP contribution is -2.09. The molecule has 0 amide bonds. The Morgan fingerprint density at radius 1 is 1.06 bits per heavy atom. The Morgan fingerprint density at radius 3 is 2.18 bits per heavy atom. The van der Waals surface area contributed by atoms with E-state index >= 15 is 0 Å². The minimum atomic E-state index is -0.0916. The first-order valence-corrected chi connectivity index (χ1v) is 5.68. The molecule has 2 heteroatoms. The quantitative estimate of drug-likeness (QED) is 0.830. The summed E-state index contributed by atoms with van der Waals surface area (Å²) in [5.74, 6) is 0. The molecule has 2 nitrogen and oxygen atoms in total. The van der Waals surface area contributed by atoms with Gasteiger partial charge in [0.1, 0.15) is 0 Å². The average Bonchev–Trinajstić information content (AvgIpc) is 2.41. The largest absolute Gasteiger partial charge is 0.321 e. The van der Waals surface area contributed by atoms with Crippen LogP contribution in [-0.2, 0) is 0 Å². The van der Waals surface area contributed by atoms with Gasteiger partial charge in [0.2, 0.25) is 0 Å². The van der Waals surface area contributed by atoms with Gasteiger partial charge in [0, 0.05) is 16.6 Å². The van der Waals surface area contributed by atoms with Gasteiger partial charge in [-0.1, -0.05) is 51.3 Å². The monoisotopic (exact) mass is 227 g/mol. The highest BCUT2D eigenvalue weighted by Gasteiger charge is 2.05. The number of pyridine rings is 1. The number of nitrogens with one attached hydrogen (secondary N) is 1. The third-order valence-electron chi connectivity index (χ3n) is 2.41. The Hall–Kier alpha value is -2.09. The Bertz CT molecular complexity index is 593. The Kier molecular flexibility index (Phi) is 4.46. The summed E-state index contributed by atoms with van der Waals surface area (Å²) >= 11 is 0. The van der Waals surface area contributed by atoms with E-state index < -0.39 is 0 Å². The van der Waals surface area contributed by atoms with Crippen molar-refractivity contribution in [1.29, 1.82) is 0 Å². The van der Waals surface area contributed by atoms with E-state index in [2.05, 4.69) is 18.1 Å². The minimum absolute atomic E-state index is 0.0916. The van der Waals surface area contributed by atoms with Crippen LogP contribution in [0.3, 0.4) is 0 Å². The molecule has 0 saturated carbocycles. The van der Waals surface area contributed by atoms with Crippen LogP contribution in [-0.4, -0.2) is 4.98 Å². The van der Waals surface area contributed by atoms with Gasteiger partial charge in [-0.2, -0.15) is 0 Å². The lowest BCUT2D eigenvalue weighted by molar-refractivity contribution is 1.24. The number of rotatable bonds is 2. The van der Waals surface area contributed by atoms with Gasteiger partial charge in [0.25, 0.3) is 5.56 Å². The van der Waals surface area contributed by atoms with Gasteiger partial charge in [-0.25, -0.2) is 0 Å². The minimum Gasteiger partial charge on any atom is -0.321 e. The molecular formula is C15H17NO. The zero-order valence-electron chi connectivity index (χ0n) is 10.3. The number of aromatic nitrogens is 1. The molecule has 17 heavy (non-hydrogen) atoms. The van der Waals surface area contributed by atoms with Crippen LogP contribution in [0.4, 0.5) is 0 Å². The van der Waals surface area contributed by atoms with Crippen molar-refractivity contribution >= 4 is 22.9 Å². The van der Waals surface area contributed by atoms with Crippen molar-refractivity contribution in [3.8, 4) is 0 Å². The summed E-state index contributed by atoms with van der Waals surface area (Å²) in [6.45, 7) is 11.4. The molecule has 1 aromatic heterocycles. The van der Waals surface area contributed by atoms with Gasteiger partial charge >= 0.3 is 0 Å². The van der Waals surface area contributed by atoms with E-state index in [0.717, 1.165) is 10.9 Å². The highest BCUT2D eigenvalue weighted by atomic mass is 16.1. The van der Waals surface area contributed by atoms with E-state index in [4.69, 9.17) is 0 Å². The number of hydrogen-bond acceptors (Lipinski definition) is 1. The maximum Gasteiger partial charge on any atom is 0.256 e. The molecule has 0 saturated heterocycles. The Morgan fingerprint density at radius 2 is 1.65 bits per heavy atom. The summed E-state index contributed by atoms with van der Waals surface area (Å²) in [6.07, 6.45) is 3.36. The van der Waals surface area contributed by atoms with Gasteiger partial charge in [0.05, 0.1) is 0 Å². The molecule has 0 aliphatic heterocycles. The van der Waals surface area contributed by atoms with Crippen LogP contribution in [0.15, 0.2) is 42.2 Å². The molecule has 0 fully saturated rings. The fourth-order valence-electron chi connectivity index (χ4n) is 1.70. The summed E-state index contributed by atoms with van der Waals surface area (Å²) < 4.78 is 0. The molecule has 2 rings (SSSR count). The molecule has 2 aromatic rings. The van der Waals surface area contributed by atoms with Crippen molar-refractivity contribution < 1.29 is 0 Å². The summed E-state index contributed by atoms with van der Waals surface area (Å²) in [5.41, 5.74) is 1.54. The summed E-state index contributed by atoms with van der Waals surface area (Å²) in [5, 5.41) is 1.59. The van der Waals surface area contributed by atoms with Gasteiger partial charge in [0.15, 0.2) is 0 Å². The number of aromatic amines is 1. The lowest BCUT2D eigenvalue weighted by Gasteiger charge is -2.05. The maximum atomic E-state index is 11.7. The second-order valence-electron chi connectivity index (χ2n) is 3.24. The van der Waals surface area contributed by atoms with Crippen molar-refractivity contribution in [2.45, 2.75) is 13.8 Å². The molecule has 1 heterocycles. The molecule has 1 aromatic carbocycles. The second kappa shape index (κ2) is 5.85. The van der Waals surface area contributed by atoms with Crippen LogP contribution < -0.4 is 5.56 Å². The van der Waals surface area contributed by atoms with Crippen molar-refractivity contribution in [1.82, 2.24) is 4.98 Å². The van der Waals surface area contributed by atoms with E-state index in [1.54, 1.807) is 18.2 Å². The number of H-pyrrole nitrogens is 1. The molecule has 0 bridgehead atoms. The van der Waals surface area contributed by atoms with Crippen LogP contribution in [0, 0.1) is 0 Å². The first kappa shape index (κ1) is 13.0. The van der Waals surface area contributed by atoms with Gasteiger partial charge in [-0.15, -0.1) is 0 Å². The zero-order chi connectivity index (χ0) is 12.8. The normalized spacial score (nSPS) is 9.29. The van der Waals surface area contributed by atoms with Crippen molar-refractivity contribution in [3.05, 3.63) is 59.0 Å². The molecule has 0 aliphatic carbocycles. The maximum absolute atomic E-state index is 11.7. The third-order valence-corrected chi connectivity index (χ3v) is 2.41. The average molecular weight is 227 g/mol. The molecular weight excluding hydrogens is 210 g/mol. The van der Waals surface area contributed by atoms with Crippen LogP contribution in [0.5, 0.6) is 0 Å². The van der Waals surface area contributed by atoms with E-state index in [1.165, 1.54) is 0 Å². The van der Waals surface area contributed by atoms with E-state index in [1.807, 2.05) is 32.0 Å². The zero-order valence-corrected chi connectivity index (χ0v) is 10.3. The van der Waals surface area contributed by atoms with Crippen LogP contribution in [0.1, 0.15) is 25.1 Å². The summed E-state index contributed by atoms with van der Waals surface area (Å²) in [4.78, 5) is 14.5. The first-order chi connectivity index (χ1) is 8.27. The summed E-state index contributed by atoms with van der Waals surface area (Å²) in [6, 6.07) is 7.46. The van der Waals surface area contributed by atoms with E-state index in [9.17, 15) is 4.79 Å². The van der Waals surface area contributed by atoms with E-state index in [0.29, 0.717) is 11.1 Å².